The summed E-state index contributed by atoms with van der Waals surface area (Å²) in [4.78, 5) is 0. The number of aromatic nitrogens is 2. The lowest BCUT2D eigenvalue weighted by Crippen LogP contribution is -2.03. The number of nitrogens with zero attached hydrogens (tertiary/aromatic N) is 2. The fourth-order valence-corrected chi connectivity index (χ4v) is 2.11. The molecule has 0 radical (unpaired) electrons. The van der Waals surface area contributed by atoms with Crippen molar-refractivity contribution in [1.82, 2.24) is 9.78 Å². The van der Waals surface area contributed by atoms with Crippen LogP contribution in [-0.4, -0.2) is 22.0 Å². The van der Waals surface area contributed by atoms with Crippen molar-refractivity contribution in [2.75, 3.05) is 7.11 Å². The first-order valence-corrected chi connectivity index (χ1v) is 6.11. The number of halogens is 2. The molecule has 0 saturated carbocycles. The lowest BCUT2D eigenvalue weighted by atomic mass is 10.2. The zero-order chi connectivity index (χ0) is 13.8. The van der Waals surface area contributed by atoms with Crippen LogP contribution in [0.3, 0.4) is 0 Å². The van der Waals surface area contributed by atoms with Crippen LogP contribution in [-0.2, 0) is 24.5 Å². The molecule has 0 aliphatic rings. The van der Waals surface area contributed by atoms with Gasteiger partial charge in [0.2, 0.25) is 0 Å². The molecule has 4 nitrogen and oxygen atoms in total. The molecule has 102 valence electrons. The zero-order valence-corrected chi connectivity index (χ0v) is 11.2. The van der Waals surface area contributed by atoms with Gasteiger partial charge in [-0.1, -0.05) is 23.7 Å². The van der Waals surface area contributed by atoms with Gasteiger partial charge in [-0.05, 0) is 17.7 Å². The molecular formula is C13H14ClFN2O2. The van der Waals surface area contributed by atoms with Gasteiger partial charge in [0.1, 0.15) is 11.0 Å². The maximum absolute atomic E-state index is 13.1. The molecule has 1 aromatic carbocycles. The van der Waals surface area contributed by atoms with Gasteiger partial charge in [0, 0.05) is 12.7 Å². The van der Waals surface area contributed by atoms with Crippen molar-refractivity contribution in [2.24, 2.45) is 0 Å². The van der Waals surface area contributed by atoms with Crippen molar-refractivity contribution in [1.29, 1.82) is 0 Å². The van der Waals surface area contributed by atoms with E-state index in [1.165, 1.54) is 16.8 Å². The third kappa shape index (κ3) is 3.12. The predicted octanol–water partition coefficient (Wildman–Crippen LogP) is 2.36. The molecule has 0 unspecified atom stereocenters. The standard InChI is InChI=1S/C13H14ClFN2O2/c1-19-8-12-11(7-18)13(14)17(16-12)6-9-3-2-4-10(15)5-9/h2-5,18H,6-8H2,1H3. The fourth-order valence-electron chi connectivity index (χ4n) is 1.85. The summed E-state index contributed by atoms with van der Waals surface area (Å²) in [7, 11) is 1.54. The zero-order valence-electron chi connectivity index (χ0n) is 10.4. The summed E-state index contributed by atoms with van der Waals surface area (Å²) in [6.45, 7) is 0.403. The molecule has 0 amide bonds. The molecule has 0 bridgehead atoms. The maximum Gasteiger partial charge on any atom is 0.133 e. The number of ether oxygens (including phenoxy) is 1. The highest BCUT2D eigenvalue weighted by Gasteiger charge is 2.15. The number of hydrogen-bond acceptors (Lipinski definition) is 3. The number of aliphatic hydroxyl groups is 1. The Morgan fingerprint density at radius 1 is 1.47 bits per heavy atom. The first-order chi connectivity index (χ1) is 9.15. The third-order valence-corrected chi connectivity index (χ3v) is 3.15. The van der Waals surface area contributed by atoms with E-state index in [1.807, 2.05) is 0 Å². The van der Waals surface area contributed by atoms with E-state index < -0.39 is 0 Å². The molecule has 0 fully saturated rings. The minimum atomic E-state index is -0.305. The molecule has 0 spiro atoms. The lowest BCUT2D eigenvalue weighted by molar-refractivity contribution is 0.177. The molecule has 1 heterocycles. The van der Waals surface area contributed by atoms with Crippen LogP contribution in [0.1, 0.15) is 16.8 Å². The predicted molar refractivity (Wildman–Crippen MR) is 69.4 cm³/mol. The van der Waals surface area contributed by atoms with Crippen LogP contribution in [0.5, 0.6) is 0 Å². The van der Waals surface area contributed by atoms with E-state index in [9.17, 15) is 9.50 Å². The second-order valence-corrected chi connectivity index (χ2v) is 4.45. The van der Waals surface area contributed by atoms with Gasteiger partial charge in [0.05, 0.1) is 25.5 Å². The summed E-state index contributed by atoms with van der Waals surface area (Å²) in [6, 6.07) is 6.22. The summed E-state index contributed by atoms with van der Waals surface area (Å²) in [5.41, 5.74) is 1.88. The van der Waals surface area contributed by atoms with Gasteiger partial charge in [-0.2, -0.15) is 5.10 Å². The summed E-state index contributed by atoms with van der Waals surface area (Å²) < 4.78 is 19.6. The average Bonchev–Trinajstić information content (AvgIpc) is 2.66. The topological polar surface area (TPSA) is 47.3 Å². The van der Waals surface area contributed by atoms with Gasteiger partial charge in [0.25, 0.3) is 0 Å². The highest BCUT2D eigenvalue weighted by molar-refractivity contribution is 6.30. The van der Waals surface area contributed by atoms with Gasteiger partial charge in [-0.15, -0.1) is 0 Å². The second-order valence-electron chi connectivity index (χ2n) is 4.09. The Morgan fingerprint density at radius 2 is 2.26 bits per heavy atom. The quantitative estimate of drug-likeness (QED) is 0.917. The minimum absolute atomic E-state index is 0.208. The van der Waals surface area contributed by atoms with Crippen LogP contribution in [0.15, 0.2) is 24.3 Å². The number of hydrogen-bond donors (Lipinski definition) is 1. The van der Waals surface area contributed by atoms with E-state index in [-0.39, 0.29) is 19.0 Å². The van der Waals surface area contributed by atoms with Crippen molar-refractivity contribution in [3.63, 3.8) is 0 Å². The van der Waals surface area contributed by atoms with Crippen molar-refractivity contribution < 1.29 is 14.2 Å². The first kappa shape index (κ1) is 14.0. The Morgan fingerprint density at radius 3 is 2.89 bits per heavy atom. The summed E-state index contributed by atoms with van der Waals surface area (Å²) in [6.07, 6.45) is 0. The van der Waals surface area contributed by atoms with Crippen molar-refractivity contribution in [3.8, 4) is 0 Å². The highest BCUT2D eigenvalue weighted by atomic mass is 35.5. The molecule has 1 aromatic heterocycles. The molecule has 0 atom stereocenters. The molecular weight excluding hydrogens is 271 g/mol. The molecule has 6 heteroatoms. The van der Waals surface area contributed by atoms with Crippen molar-refractivity contribution >= 4 is 11.6 Å². The number of rotatable bonds is 5. The lowest BCUT2D eigenvalue weighted by Gasteiger charge is -2.03. The van der Waals surface area contributed by atoms with E-state index >= 15 is 0 Å². The monoisotopic (exact) mass is 284 g/mol. The van der Waals surface area contributed by atoms with E-state index in [0.717, 1.165) is 5.56 Å². The van der Waals surface area contributed by atoms with Crippen molar-refractivity contribution in [3.05, 3.63) is 52.1 Å². The van der Waals surface area contributed by atoms with Gasteiger partial charge in [-0.25, -0.2) is 9.07 Å². The Bertz CT molecular complexity index is 572. The molecule has 2 aromatic rings. The Balaban J connectivity index is 2.30. The van der Waals surface area contributed by atoms with Crippen molar-refractivity contribution in [2.45, 2.75) is 19.8 Å². The van der Waals surface area contributed by atoms with E-state index in [4.69, 9.17) is 16.3 Å². The minimum Gasteiger partial charge on any atom is -0.391 e. The van der Waals surface area contributed by atoms with Gasteiger partial charge >= 0.3 is 0 Å². The molecule has 19 heavy (non-hydrogen) atoms. The van der Waals surface area contributed by atoms with Crippen LogP contribution in [0.2, 0.25) is 5.15 Å². The summed E-state index contributed by atoms with van der Waals surface area (Å²) in [5, 5.41) is 13.9. The number of benzene rings is 1. The fraction of sp³-hybridized carbons (Fsp3) is 0.308. The second kappa shape index (κ2) is 6.14. The Kier molecular flexibility index (Phi) is 4.52. The summed E-state index contributed by atoms with van der Waals surface area (Å²) in [5.74, 6) is -0.305. The van der Waals surface area contributed by atoms with Crippen LogP contribution in [0.25, 0.3) is 0 Å². The maximum atomic E-state index is 13.1. The molecule has 1 N–H and O–H groups in total. The van der Waals surface area contributed by atoms with Gasteiger partial charge < -0.3 is 9.84 Å². The molecule has 0 saturated heterocycles. The van der Waals surface area contributed by atoms with Crippen LogP contribution < -0.4 is 0 Å². The molecule has 0 aliphatic heterocycles. The summed E-state index contributed by atoms with van der Waals surface area (Å²) >= 11 is 6.15. The third-order valence-electron chi connectivity index (χ3n) is 2.73. The van der Waals surface area contributed by atoms with Gasteiger partial charge in [-0.3, -0.25) is 0 Å². The molecule has 0 aliphatic carbocycles. The van der Waals surface area contributed by atoms with Gasteiger partial charge in [0.15, 0.2) is 0 Å². The number of aliphatic hydroxyl groups excluding tert-OH is 1. The van der Waals surface area contributed by atoms with E-state index in [2.05, 4.69) is 5.10 Å². The number of methoxy groups -OCH3 is 1. The van der Waals surface area contributed by atoms with Crippen LogP contribution in [0, 0.1) is 5.82 Å². The smallest absolute Gasteiger partial charge is 0.133 e. The Hall–Kier alpha value is -1.43. The first-order valence-electron chi connectivity index (χ1n) is 5.74. The van der Waals surface area contributed by atoms with Crippen LogP contribution >= 0.6 is 11.6 Å². The SMILES string of the molecule is COCc1nn(Cc2cccc(F)c2)c(Cl)c1CO. The van der Waals surface area contributed by atoms with Crippen LogP contribution in [0.4, 0.5) is 4.39 Å². The normalized spacial score (nSPS) is 10.9. The van der Waals surface area contributed by atoms with E-state index in [0.29, 0.717) is 23.0 Å². The van der Waals surface area contributed by atoms with E-state index in [1.54, 1.807) is 19.2 Å². The average molecular weight is 285 g/mol. The largest absolute Gasteiger partial charge is 0.391 e. The highest BCUT2D eigenvalue weighted by Crippen LogP contribution is 2.22. The molecule has 2 rings (SSSR count). The Labute approximate surface area is 115 Å².